The second kappa shape index (κ2) is 10.8. The molecule has 0 spiro atoms. The number of anilines is 3. The van der Waals surface area contributed by atoms with Crippen molar-refractivity contribution in [2.45, 2.75) is 13.8 Å². The van der Waals surface area contributed by atoms with Gasteiger partial charge in [-0.2, -0.15) is 0 Å². The van der Waals surface area contributed by atoms with Gasteiger partial charge in [0.05, 0.1) is 20.2 Å². The van der Waals surface area contributed by atoms with Crippen LogP contribution in [0.4, 0.5) is 17.1 Å². The molecule has 0 aromatic heterocycles. The van der Waals surface area contributed by atoms with Gasteiger partial charge in [-0.15, -0.1) is 0 Å². The average Bonchev–Trinajstić information content (AvgIpc) is 2.69. The van der Waals surface area contributed by atoms with E-state index in [1.807, 2.05) is 6.92 Å². The number of carbonyl (C=O) groups excluding carboxylic acids is 3. The Morgan fingerprint density at radius 3 is 1.59 bits per heavy atom. The Balaban J connectivity index is 1.83. The lowest BCUT2D eigenvalue weighted by Crippen LogP contribution is -2.38. The zero-order valence-electron chi connectivity index (χ0n) is 16.8. The zero-order valence-corrected chi connectivity index (χ0v) is 16.8. The molecule has 0 aliphatic carbocycles. The van der Waals surface area contributed by atoms with Crippen LogP contribution in [0.15, 0.2) is 48.5 Å². The summed E-state index contributed by atoms with van der Waals surface area (Å²) in [4.78, 5) is 37.3. The van der Waals surface area contributed by atoms with Crippen molar-refractivity contribution >= 4 is 34.8 Å². The smallest absolute Gasteiger partial charge is 0.238 e. The fourth-order valence-corrected chi connectivity index (χ4v) is 2.60. The first-order valence-corrected chi connectivity index (χ1v) is 9.23. The Labute approximate surface area is 170 Å². The van der Waals surface area contributed by atoms with E-state index < -0.39 is 0 Å². The summed E-state index contributed by atoms with van der Waals surface area (Å²) in [6.07, 6.45) is 0. The summed E-state index contributed by atoms with van der Waals surface area (Å²) in [5.74, 6) is 0.120. The Hall–Kier alpha value is -3.39. The van der Waals surface area contributed by atoms with E-state index in [9.17, 15) is 14.4 Å². The molecule has 8 nitrogen and oxygen atoms in total. The van der Waals surface area contributed by atoms with E-state index in [2.05, 4.69) is 16.0 Å². The molecule has 2 aromatic rings. The van der Waals surface area contributed by atoms with Crippen LogP contribution >= 0.6 is 0 Å². The van der Waals surface area contributed by atoms with Crippen LogP contribution in [0.25, 0.3) is 0 Å². The molecule has 2 rings (SSSR count). The van der Waals surface area contributed by atoms with E-state index in [1.54, 1.807) is 60.5 Å². The first kappa shape index (κ1) is 21.9. The molecular formula is C21H26N4O4. The van der Waals surface area contributed by atoms with Gasteiger partial charge in [-0.05, 0) is 55.1 Å². The first-order valence-electron chi connectivity index (χ1n) is 9.23. The van der Waals surface area contributed by atoms with Gasteiger partial charge in [0.15, 0.2) is 0 Å². The summed E-state index contributed by atoms with van der Waals surface area (Å²) >= 11 is 0. The SMILES string of the molecule is CCN(CC(=O)Nc1ccc(NC(C)=O)cc1)CC(=O)Nc1ccc(OC)cc1. The van der Waals surface area contributed by atoms with Crippen LogP contribution in [0.2, 0.25) is 0 Å². The van der Waals surface area contributed by atoms with Crippen molar-refractivity contribution in [1.29, 1.82) is 0 Å². The van der Waals surface area contributed by atoms with Gasteiger partial charge in [-0.3, -0.25) is 19.3 Å². The third kappa shape index (κ3) is 7.63. The predicted octanol–water partition coefficient (Wildman–Crippen LogP) is 2.55. The fraction of sp³-hybridized carbons (Fsp3) is 0.286. The molecule has 0 bridgehead atoms. The summed E-state index contributed by atoms with van der Waals surface area (Å²) < 4.78 is 5.09. The molecule has 8 heteroatoms. The minimum atomic E-state index is -0.226. The second-order valence-electron chi connectivity index (χ2n) is 6.39. The Bertz CT molecular complexity index is 835. The fourth-order valence-electron chi connectivity index (χ4n) is 2.60. The zero-order chi connectivity index (χ0) is 21.2. The molecule has 0 radical (unpaired) electrons. The monoisotopic (exact) mass is 398 g/mol. The van der Waals surface area contributed by atoms with E-state index in [1.165, 1.54) is 6.92 Å². The van der Waals surface area contributed by atoms with Crippen LogP contribution < -0.4 is 20.7 Å². The van der Waals surface area contributed by atoms with E-state index in [-0.39, 0.29) is 30.8 Å². The Morgan fingerprint density at radius 1 is 0.793 bits per heavy atom. The number of ether oxygens (including phenoxy) is 1. The molecule has 3 amide bonds. The molecule has 0 aliphatic rings. The van der Waals surface area contributed by atoms with Crippen molar-refractivity contribution in [1.82, 2.24) is 4.90 Å². The molecule has 3 N–H and O–H groups in total. The molecule has 154 valence electrons. The normalized spacial score (nSPS) is 10.3. The number of hydrogen-bond acceptors (Lipinski definition) is 5. The largest absolute Gasteiger partial charge is 0.497 e. The van der Waals surface area contributed by atoms with Crippen LogP contribution in [0.3, 0.4) is 0 Å². The molecule has 0 saturated carbocycles. The van der Waals surface area contributed by atoms with E-state index in [0.29, 0.717) is 29.4 Å². The Morgan fingerprint density at radius 2 is 1.21 bits per heavy atom. The van der Waals surface area contributed by atoms with Crippen molar-refractivity contribution in [3.8, 4) is 5.75 Å². The molecule has 2 aromatic carbocycles. The maximum atomic E-state index is 12.3. The first-order chi connectivity index (χ1) is 13.9. The average molecular weight is 398 g/mol. The molecule has 0 atom stereocenters. The van der Waals surface area contributed by atoms with Gasteiger partial charge in [0.1, 0.15) is 5.75 Å². The number of nitrogens with one attached hydrogen (secondary N) is 3. The second-order valence-corrected chi connectivity index (χ2v) is 6.39. The highest BCUT2D eigenvalue weighted by Gasteiger charge is 2.13. The molecule has 0 unspecified atom stereocenters. The Kier molecular flexibility index (Phi) is 8.17. The van der Waals surface area contributed by atoms with Crippen LogP contribution in [0, 0.1) is 0 Å². The van der Waals surface area contributed by atoms with Gasteiger partial charge in [-0.1, -0.05) is 6.92 Å². The lowest BCUT2D eigenvalue weighted by atomic mass is 10.2. The summed E-state index contributed by atoms with van der Waals surface area (Å²) in [5, 5.41) is 8.25. The van der Waals surface area contributed by atoms with Gasteiger partial charge in [0, 0.05) is 24.0 Å². The van der Waals surface area contributed by atoms with Crippen LogP contribution in [0.5, 0.6) is 5.75 Å². The van der Waals surface area contributed by atoms with Crippen molar-refractivity contribution in [3.05, 3.63) is 48.5 Å². The standard InChI is InChI=1S/C21H26N4O4/c1-4-25(14-21(28)24-18-9-11-19(29-3)12-10-18)13-20(27)23-17-7-5-16(6-8-17)22-15(2)26/h5-12H,4,13-14H2,1-3H3,(H,22,26)(H,23,27)(H,24,28). The molecule has 0 heterocycles. The van der Waals surface area contributed by atoms with Gasteiger partial charge in [0.25, 0.3) is 0 Å². The van der Waals surface area contributed by atoms with E-state index >= 15 is 0 Å². The summed E-state index contributed by atoms with van der Waals surface area (Å²) in [5.41, 5.74) is 1.93. The van der Waals surface area contributed by atoms with Crippen molar-refractivity contribution in [3.63, 3.8) is 0 Å². The number of likely N-dealkylation sites (N-methyl/N-ethyl adjacent to an activating group) is 1. The van der Waals surface area contributed by atoms with Crippen LogP contribution in [-0.2, 0) is 14.4 Å². The highest BCUT2D eigenvalue weighted by molar-refractivity contribution is 5.95. The number of methoxy groups -OCH3 is 1. The minimum Gasteiger partial charge on any atom is -0.497 e. The number of nitrogens with zero attached hydrogens (tertiary/aromatic N) is 1. The topological polar surface area (TPSA) is 99.8 Å². The molecule has 0 aliphatic heterocycles. The number of rotatable bonds is 9. The third-order valence-electron chi connectivity index (χ3n) is 4.04. The number of carbonyl (C=O) groups is 3. The van der Waals surface area contributed by atoms with Crippen molar-refractivity contribution in [2.24, 2.45) is 0 Å². The molecule has 0 fully saturated rings. The maximum Gasteiger partial charge on any atom is 0.238 e. The van der Waals surface area contributed by atoms with Crippen molar-refractivity contribution in [2.75, 3.05) is 42.7 Å². The van der Waals surface area contributed by atoms with Crippen molar-refractivity contribution < 1.29 is 19.1 Å². The predicted molar refractivity (Wildman–Crippen MR) is 113 cm³/mol. The lowest BCUT2D eigenvalue weighted by molar-refractivity contribution is -0.120. The molecular weight excluding hydrogens is 372 g/mol. The quantitative estimate of drug-likeness (QED) is 0.603. The summed E-state index contributed by atoms with van der Waals surface area (Å²) in [6, 6.07) is 13.9. The van der Waals surface area contributed by atoms with E-state index in [0.717, 1.165) is 0 Å². The number of amides is 3. The number of hydrogen-bond donors (Lipinski definition) is 3. The third-order valence-corrected chi connectivity index (χ3v) is 4.04. The maximum absolute atomic E-state index is 12.3. The van der Waals surface area contributed by atoms with Gasteiger partial charge in [-0.25, -0.2) is 0 Å². The highest BCUT2D eigenvalue weighted by atomic mass is 16.5. The lowest BCUT2D eigenvalue weighted by Gasteiger charge is -2.19. The van der Waals surface area contributed by atoms with Gasteiger partial charge < -0.3 is 20.7 Å². The van der Waals surface area contributed by atoms with Gasteiger partial charge >= 0.3 is 0 Å². The summed E-state index contributed by atoms with van der Waals surface area (Å²) in [6.45, 7) is 4.04. The van der Waals surface area contributed by atoms with E-state index in [4.69, 9.17) is 4.74 Å². The number of benzene rings is 2. The van der Waals surface area contributed by atoms with Crippen LogP contribution in [-0.4, -0.2) is 49.4 Å². The van der Waals surface area contributed by atoms with Crippen LogP contribution in [0.1, 0.15) is 13.8 Å². The minimum absolute atomic E-state index is 0.0833. The summed E-state index contributed by atoms with van der Waals surface area (Å²) in [7, 11) is 1.58. The van der Waals surface area contributed by atoms with Gasteiger partial charge in [0.2, 0.25) is 17.7 Å². The molecule has 29 heavy (non-hydrogen) atoms. The molecule has 0 saturated heterocycles. The highest BCUT2D eigenvalue weighted by Crippen LogP contribution is 2.15.